The van der Waals surface area contributed by atoms with E-state index >= 15 is 0 Å². The Hall–Kier alpha value is -5.49. The van der Waals surface area contributed by atoms with Crippen LogP contribution in [0.1, 0.15) is 239 Å². The normalized spacial score (nSPS) is 13.4. The first-order valence-corrected chi connectivity index (χ1v) is 31.3. The summed E-state index contributed by atoms with van der Waals surface area (Å²) in [7, 11) is 0. The summed E-state index contributed by atoms with van der Waals surface area (Å²) >= 11 is 0. The van der Waals surface area contributed by atoms with Crippen molar-refractivity contribution >= 4 is 17.9 Å². The zero-order valence-electron chi connectivity index (χ0n) is 50.3. The monoisotopic (exact) mass is 1080 g/mol. The van der Waals surface area contributed by atoms with E-state index in [4.69, 9.17) is 14.2 Å². The van der Waals surface area contributed by atoms with E-state index in [1.54, 1.807) is 0 Å². The summed E-state index contributed by atoms with van der Waals surface area (Å²) in [5, 5.41) is 0. The standard InChI is InChI=1S/C73H112O6/c1-4-7-10-13-16-19-22-25-27-29-31-33-35-36-38-39-41-43-45-48-51-54-57-60-63-66-72(75)78-69-70(68-77-71(74)65-62-59-56-53-50-47-24-21-18-15-12-9-6-3)79-73(76)67-64-61-58-55-52-49-46-44-42-40-37-34-32-30-28-26-23-20-17-14-11-8-5-2/h7-12,16-21,25-28,31-34,36,38,40,42,46-47,49-50,56,59,70H,4-6,13-15,22-24,29-30,35,37,39,41,43-45,48,51-55,57-58,60-69H2,1-3H3/b10-7-,11-8-,12-9-,19-16-,20-17-,21-18-,27-25-,28-26-,33-31-,34-32-,38-36-,42-40-,49-46-,50-47-,59-56-. The van der Waals surface area contributed by atoms with E-state index in [0.717, 1.165) is 154 Å². The van der Waals surface area contributed by atoms with Crippen molar-refractivity contribution in [2.24, 2.45) is 0 Å². The minimum atomic E-state index is -0.835. The predicted molar refractivity (Wildman–Crippen MR) is 343 cm³/mol. The molecule has 1 atom stereocenters. The number of carbonyl (C=O) groups excluding carboxylic acids is 3. The summed E-state index contributed by atoms with van der Waals surface area (Å²) in [6.45, 7) is 6.19. The number of rotatable bonds is 54. The largest absolute Gasteiger partial charge is 0.462 e. The van der Waals surface area contributed by atoms with Crippen LogP contribution in [0.3, 0.4) is 0 Å². The van der Waals surface area contributed by atoms with E-state index in [0.29, 0.717) is 12.8 Å². The molecule has 0 aromatic rings. The highest BCUT2D eigenvalue weighted by Gasteiger charge is 2.19. The second-order valence-electron chi connectivity index (χ2n) is 19.8. The summed E-state index contributed by atoms with van der Waals surface area (Å²) in [6, 6.07) is 0. The molecular weight excluding hydrogens is 973 g/mol. The fourth-order valence-electron chi connectivity index (χ4n) is 7.84. The third-order valence-corrected chi connectivity index (χ3v) is 12.4. The molecule has 1 unspecified atom stereocenters. The molecule has 0 rings (SSSR count). The number of allylic oxidation sites excluding steroid dienone is 30. The molecule has 0 bridgehead atoms. The van der Waals surface area contributed by atoms with Crippen LogP contribution >= 0.6 is 0 Å². The van der Waals surface area contributed by atoms with Crippen molar-refractivity contribution in [2.45, 2.75) is 245 Å². The van der Waals surface area contributed by atoms with Crippen LogP contribution in [-0.4, -0.2) is 37.2 Å². The highest BCUT2D eigenvalue weighted by molar-refractivity contribution is 5.71. The summed E-state index contributed by atoms with van der Waals surface area (Å²) < 4.78 is 16.8. The van der Waals surface area contributed by atoms with Crippen LogP contribution in [0.5, 0.6) is 0 Å². The van der Waals surface area contributed by atoms with Gasteiger partial charge in [0.05, 0.1) is 0 Å². The van der Waals surface area contributed by atoms with Crippen molar-refractivity contribution in [3.05, 3.63) is 182 Å². The molecule has 0 fully saturated rings. The second kappa shape index (κ2) is 65.0. The second-order valence-corrected chi connectivity index (χ2v) is 19.8. The highest BCUT2D eigenvalue weighted by atomic mass is 16.6. The first-order chi connectivity index (χ1) is 39.0. The summed E-state index contributed by atoms with van der Waals surface area (Å²) in [6.07, 6.45) is 97.6. The molecule has 0 aliphatic carbocycles. The van der Waals surface area contributed by atoms with Crippen LogP contribution in [0.2, 0.25) is 0 Å². The van der Waals surface area contributed by atoms with Gasteiger partial charge in [0.15, 0.2) is 6.10 Å². The lowest BCUT2D eigenvalue weighted by molar-refractivity contribution is -0.166. The molecule has 0 radical (unpaired) electrons. The van der Waals surface area contributed by atoms with Crippen LogP contribution in [-0.2, 0) is 28.6 Å². The molecule has 79 heavy (non-hydrogen) atoms. The van der Waals surface area contributed by atoms with Gasteiger partial charge < -0.3 is 14.2 Å². The van der Waals surface area contributed by atoms with Gasteiger partial charge in [-0.15, -0.1) is 0 Å². The highest BCUT2D eigenvalue weighted by Crippen LogP contribution is 2.14. The number of hydrogen-bond donors (Lipinski definition) is 0. The third kappa shape index (κ3) is 63.2. The van der Waals surface area contributed by atoms with E-state index in [9.17, 15) is 14.4 Å². The maximum absolute atomic E-state index is 12.9. The van der Waals surface area contributed by atoms with E-state index in [2.05, 4.69) is 191 Å². The van der Waals surface area contributed by atoms with E-state index in [1.807, 2.05) is 12.2 Å². The average Bonchev–Trinajstić information content (AvgIpc) is 3.45. The van der Waals surface area contributed by atoms with Crippen molar-refractivity contribution in [2.75, 3.05) is 13.2 Å². The lowest BCUT2D eigenvalue weighted by atomic mass is 10.1. The molecule has 440 valence electrons. The molecule has 0 saturated heterocycles. The lowest BCUT2D eigenvalue weighted by Crippen LogP contribution is -2.30. The Kier molecular flexibility index (Phi) is 60.5. The Bertz CT molecular complexity index is 1870. The molecule has 0 amide bonds. The lowest BCUT2D eigenvalue weighted by Gasteiger charge is -2.18. The van der Waals surface area contributed by atoms with Crippen LogP contribution in [0.25, 0.3) is 0 Å². The van der Waals surface area contributed by atoms with Gasteiger partial charge in [-0.25, -0.2) is 0 Å². The zero-order valence-corrected chi connectivity index (χ0v) is 50.3. The van der Waals surface area contributed by atoms with Gasteiger partial charge in [-0.05, 0) is 141 Å². The van der Waals surface area contributed by atoms with Gasteiger partial charge in [-0.2, -0.15) is 0 Å². The Morgan fingerprint density at radius 1 is 0.253 bits per heavy atom. The minimum absolute atomic E-state index is 0.123. The Morgan fingerprint density at radius 3 is 0.785 bits per heavy atom. The zero-order chi connectivity index (χ0) is 57.1. The van der Waals surface area contributed by atoms with Crippen LogP contribution in [0.4, 0.5) is 0 Å². The maximum atomic E-state index is 12.9. The van der Waals surface area contributed by atoms with Gasteiger partial charge in [0.2, 0.25) is 0 Å². The number of esters is 3. The number of ether oxygens (including phenoxy) is 3. The molecular formula is C73H112O6. The van der Waals surface area contributed by atoms with Crippen LogP contribution < -0.4 is 0 Å². The smallest absolute Gasteiger partial charge is 0.306 e. The molecule has 0 N–H and O–H groups in total. The van der Waals surface area contributed by atoms with Crippen LogP contribution in [0, 0.1) is 0 Å². The number of unbranched alkanes of at least 4 members (excludes halogenated alkanes) is 13. The Balaban J connectivity index is 4.48. The van der Waals surface area contributed by atoms with Gasteiger partial charge in [-0.3, -0.25) is 14.4 Å². The molecule has 6 heteroatoms. The van der Waals surface area contributed by atoms with Crippen molar-refractivity contribution in [3.63, 3.8) is 0 Å². The molecule has 0 aliphatic heterocycles. The van der Waals surface area contributed by atoms with Gasteiger partial charge in [-0.1, -0.05) is 261 Å². The fraction of sp³-hybridized carbons (Fsp3) is 0.548. The minimum Gasteiger partial charge on any atom is -0.462 e. The van der Waals surface area contributed by atoms with Crippen molar-refractivity contribution in [1.29, 1.82) is 0 Å². The van der Waals surface area contributed by atoms with Crippen molar-refractivity contribution in [3.8, 4) is 0 Å². The Labute approximate surface area is 484 Å². The van der Waals surface area contributed by atoms with Gasteiger partial charge in [0.1, 0.15) is 13.2 Å². The van der Waals surface area contributed by atoms with Crippen LogP contribution in [0.15, 0.2) is 182 Å². The van der Waals surface area contributed by atoms with Gasteiger partial charge in [0, 0.05) is 19.3 Å². The summed E-state index contributed by atoms with van der Waals surface area (Å²) in [5.41, 5.74) is 0. The molecule has 0 spiro atoms. The van der Waals surface area contributed by atoms with Gasteiger partial charge in [0.25, 0.3) is 0 Å². The number of carbonyl (C=O) groups is 3. The number of hydrogen-bond acceptors (Lipinski definition) is 6. The first kappa shape index (κ1) is 73.5. The molecule has 0 heterocycles. The van der Waals surface area contributed by atoms with Gasteiger partial charge >= 0.3 is 17.9 Å². The quantitative estimate of drug-likeness (QED) is 0.0261. The topological polar surface area (TPSA) is 78.9 Å². The molecule has 0 aromatic heterocycles. The van der Waals surface area contributed by atoms with E-state index < -0.39 is 6.10 Å². The molecule has 0 aliphatic rings. The third-order valence-electron chi connectivity index (χ3n) is 12.4. The molecule has 0 aromatic carbocycles. The average molecular weight is 1090 g/mol. The van der Waals surface area contributed by atoms with Crippen molar-refractivity contribution in [1.82, 2.24) is 0 Å². The predicted octanol–water partition coefficient (Wildman–Crippen LogP) is 21.7. The Morgan fingerprint density at radius 2 is 0.481 bits per heavy atom. The van der Waals surface area contributed by atoms with E-state index in [-0.39, 0.29) is 44.0 Å². The fourth-order valence-corrected chi connectivity index (χ4v) is 7.84. The van der Waals surface area contributed by atoms with Crippen molar-refractivity contribution < 1.29 is 28.6 Å². The SMILES string of the molecule is CC/C=C\C/C=C\C/C=C\C/C=C\C/C=C\C/C=C\CCCCCCC(=O)OC(COC(=O)CC/C=C\C/C=C\C/C=C\C/C=C\CC)COC(=O)CCCCCCCCCCC/C=C\C/C=C\C/C=C\C/C=C\C/C=C\CC. The first-order valence-electron chi connectivity index (χ1n) is 31.3. The summed E-state index contributed by atoms with van der Waals surface area (Å²) in [4.78, 5) is 38.3. The summed E-state index contributed by atoms with van der Waals surface area (Å²) in [5.74, 6) is -1.05. The van der Waals surface area contributed by atoms with E-state index in [1.165, 1.54) is 38.5 Å². The molecule has 0 saturated carbocycles. The maximum Gasteiger partial charge on any atom is 0.306 e. The molecule has 6 nitrogen and oxygen atoms in total.